The number of nitrogens with one attached hydrogen (secondary N) is 1. The Balaban J connectivity index is 1.76. The summed E-state index contributed by atoms with van der Waals surface area (Å²) in [5.74, 6) is 0.107. The first-order valence-corrected chi connectivity index (χ1v) is 7.27. The third kappa shape index (κ3) is 5.11. The molecule has 1 N–H and O–H groups in total. The van der Waals surface area contributed by atoms with Gasteiger partial charge in [-0.1, -0.05) is 0 Å². The average molecular weight is 296 g/mol. The fourth-order valence-corrected chi connectivity index (χ4v) is 2.31. The van der Waals surface area contributed by atoms with Crippen LogP contribution in [-0.2, 0) is 20.8 Å². The second-order valence-electron chi connectivity index (χ2n) is 5.24. The van der Waals surface area contributed by atoms with Gasteiger partial charge in [0.2, 0.25) is 5.91 Å². The molecule has 21 heavy (non-hydrogen) atoms. The predicted octanol–water partition coefficient (Wildman–Crippen LogP) is -0.345. The summed E-state index contributed by atoms with van der Waals surface area (Å²) in [6.45, 7) is 6.16. The van der Waals surface area contributed by atoms with Gasteiger partial charge in [0.1, 0.15) is 0 Å². The van der Waals surface area contributed by atoms with Crippen LogP contribution in [0.2, 0.25) is 0 Å². The zero-order chi connectivity index (χ0) is 15.1. The number of carbonyl (C=O) groups is 1. The highest BCUT2D eigenvalue weighted by Crippen LogP contribution is 2.08. The number of methoxy groups -OCH3 is 1. The summed E-state index contributed by atoms with van der Waals surface area (Å²) >= 11 is 0. The Morgan fingerprint density at radius 1 is 1.62 bits per heavy atom. The van der Waals surface area contributed by atoms with E-state index in [1.165, 1.54) is 0 Å². The lowest BCUT2D eigenvalue weighted by Crippen LogP contribution is -2.49. The Morgan fingerprint density at radius 3 is 3.19 bits per heavy atom. The van der Waals surface area contributed by atoms with Crippen LogP contribution < -0.4 is 5.32 Å². The van der Waals surface area contributed by atoms with E-state index < -0.39 is 0 Å². The summed E-state index contributed by atoms with van der Waals surface area (Å²) in [5, 5.41) is 7.33. The van der Waals surface area contributed by atoms with Crippen LogP contribution in [0.1, 0.15) is 5.56 Å². The highest BCUT2D eigenvalue weighted by Gasteiger charge is 2.24. The quantitative estimate of drug-likeness (QED) is 0.697. The number of morpholine rings is 1. The van der Waals surface area contributed by atoms with E-state index in [-0.39, 0.29) is 12.0 Å². The normalized spacial score (nSPS) is 19.0. The van der Waals surface area contributed by atoms with Gasteiger partial charge in [-0.2, -0.15) is 5.10 Å². The fourth-order valence-electron chi connectivity index (χ4n) is 2.31. The molecule has 1 fully saturated rings. The van der Waals surface area contributed by atoms with Gasteiger partial charge in [-0.3, -0.25) is 9.48 Å². The first kappa shape index (κ1) is 15.9. The zero-order valence-electron chi connectivity index (χ0n) is 12.7. The van der Waals surface area contributed by atoms with Crippen molar-refractivity contribution in [2.45, 2.75) is 19.6 Å². The molecule has 0 radical (unpaired) electrons. The largest absolute Gasteiger partial charge is 0.383 e. The van der Waals surface area contributed by atoms with Gasteiger partial charge < -0.3 is 19.7 Å². The number of carbonyl (C=O) groups excluding carboxylic acids is 1. The minimum Gasteiger partial charge on any atom is -0.383 e. The molecule has 7 heteroatoms. The number of ether oxygens (including phenoxy) is 2. The smallest absolute Gasteiger partial charge is 0.236 e. The molecule has 1 amide bonds. The van der Waals surface area contributed by atoms with E-state index in [4.69, 9.17) is 9.47 Å². The van der Waals surface area contributed by atoms with Crippen LogP contribution in [-0.4, -0.2) is 73.2 Å². The standard InChI is InChI=1S/C14H24N4O3/c1-12-7-16-18(9-12)11-13-10-17(4-6-21-13)14(19)8-15-3-5-20-2/h7,9,13,15H,3-6,8,10-11H2,1-2H3. The second-order valence-corrected chi connectivity index (χ2v) is 5.24. The van der Waals surface area contributed by atoms with Gasteiger partial charge in [0, 0.05) is 32.9 Å². The first-order chi connectivity index (χ1) is 10.2. The maximum atomic E-state index is 12.1. The van der Waals surface area contributed by atoms with E-state index in [2.05, 4.69) is 10.4 Å². The monoisotopic (exact) mass is 296 g/mol. The predicted molar refractivity (Wildman–Crippen MR) is 78.0 cm³/mol. The van der Waals surface area contributed by atoms with Gasteiger partial charge >= 0.3 is 0 Å². The molecule has 1 unspecified atom stereocenters. The van der Waals surface area contributed by atoms with E-state index in [0.29, 0.717) is 45.9 Å². The molecular formula is C14H24N4O3. The Kier molecular flexibility index (Phi) is 6.16. The summed E-state index contributed by atoms with van der Waals surface area (Å²) in [7, 11) is 1.65. The van der Waals surface area contributed by atoms with Gasteiger partial charge in [-0.25, -0.2) is 0 Å². The van der Waals surface area contributed by atoms with Crippen molar-refractivity contribution in [2.75, 3.05) is 46.5 Å². The number of hydrogen-bond acceptors (Lipinski definition) is 5. The molecule has 1 atom stereocenters. The summed E-state index contributed by atoms with van der Waals surface area (Å²) in [4.78, 5) is 14.0. The minimum absolute atomic E-state index is 0.000903. The Bertz CT molecular complexity index is 449. The molecule has 0 spiro atoms. The Labute approximate surface area is 125 Å². The molecule has 0 aromatic carbocycles. The molecule has 1 aliphatic heterocycles. The highest BCUT2D eigenvalue weighted by molar-refractivity contribution is 5.78. The third-order valence-corrected chi connectivity index (χ3v) is 3.40. The summed E-state index contributed by atoms with van der Waals surface area (Å²) in [5.41, 5.74) is 1.13. The van der Waals surface area contributed by atoms with Crippen LogP contribution in [0.25, 0.3) is 0 Å². The summed E-state index contributed by atoms with van der Waals surface area (Å²) in [6, 6.07) is 0. The van der Waals surface area contributed by atoms with Gasteiger partial charge in [0.15, 0.2) is 0 Å². The van der Waals surface area contributed by atoms with Crippen molar-refractivity contribution in [2.24, 2.45) is 0 Å². The molecule has 1 aliphatic rings. The Hall–Kier alpha value is -1.44. The molecule has 0 saturated carbocycles. The van der Waals surface area contributed by atoms with Gasteiger partial charge in [0.25, 0.3) is 0 Å². The summed E-state index contributed by atoms with van der Waals surface area (Å²) in [6.07, 6.45) is 3.81. The first-order valence-electron chi connectivity index (χ1n) is 7.27. The average Bonchev–Trinajstić information content (AvgIpc) is 2.89. The van der Waals surface area contributed by atoms with Crippen LogP contribution in [0.4, 0.5) is 0 Å². The Morgan fingerprint density at radius 2 is 2.48 bits per heavy atom. The van der Waals surface area contributed by atoms with Gasteiger partial charge in [-0.15, -0.1) is 0 Å². The van der Waals surface area contributed by atoms with Crippen molar-refractivity contribution in [1.29, 1.82) is 0 Å². The van der Waals surface area contributed by atoms with E-state index in [0.717, 1.165) is 5.56 Å². The van der Waals surface area contributed by atoms with Gasteiger partial charge in [0.05, 0.1) is 38.6 Å². The van der Waals surface area contributed by atoms with E-state index in [9.17, 15) is 4.79 Å². The third-order valence-electron chi connectivity index (χ3n) is 3.40. The topological polar surface area (TPSA) is 68.6 Å². The highest BCUT2D eigenvalue weighted by atomic mass is 16.5. The lowest BCUT2D eigenvalue weighted by molar-refractivity contribution is -0.138. The second kappa shape index (κ2) is 8.11. The maximum absolute atomic E-state index is 12.1. The van der Waals surface area contributed by atoms with E-state index in [1.54, 1.807) is 7.11 Å². The molecule has 0 aliphatic carbocycles. The van der Waals surface area contributed by atoms with Crippen molar-refractivity contribution in [1.82, 2.24) is 20.0 Å². The maximum Gasteiger partial charge on any atom is 0.236 e. The summed E-state index contributed by atoms with van der Waals surface area (Å²) < 4.78 is 12.5. The van der Waals surface area contributed by atoms with Crippen LogP contribution in [0.3, 0.4) is 0 Å². The molecule has 1 aromatic heterocycles. The number of aromatic nitrogens is 2. The van der Waals surface area contributed by atoms with Crippen molar-refractivity contribution in [3.05, 3.63) is 18.0 Å². The van der Waals surface area contributed by atoms with Crippen molar-refractivity contribution in [3.63, 3.8) is 0 Å². The van der Waals surface area contributed by atoms with Crippen LogP contribution in [0, 0.1) is 6.92 Å². The fraction of sp³-hybridized carbons (Fsp3) is 0.714. The lowest BCUT2D eigenvalue weighted by atomic mass is 10.2. The number of rotatable bonds is 7. The molecule has 1 saturated heterocycles. The molecule has 0 bridgehead atoms. The lowest BCUT2D eigenvalue weighted by Gasteiger charge is -2.33. The van der Waals surface area contributed by atoms with Crippen molar-refractivity contribution in [3.8, 4) is 0 Å². The van der Waals surface area contributed by atoms with Crippen molar-refractivity contribution < 1.29 is 14.3 Å². The number of hydrogen-bond donors (Lipinski definition) is 1. The van der Waals surface area contributed by atoms with Crippen LogP contribution in [0.5, 0.6) is 0 Å². The molecule has 118 valence electrons. The van der Waals surface area contributed by atoms with E-state index in [1.807, 2.05) is 28.9 Å². The zero-order valence-corrected chi connectivity index (χ0v) is 12.7. The molecule has 2 rings (SSSR count). The minimum atomic E-state index is 0.000903. The molecular weight excluding hydrogens is 272 g/mol. The number of aryl methyl sites for hydroxylation is 1. The molecule has 7 nitrogen and oxygen atoms in total. The van der Waals surface area contributed by atoms with Crippen LogP contribution >= 0.6 is 0 Å². The van der Waals surface area contributed by atoms with E-state index >= 15 is 0 Å². The van der Waals surface area contributed by atoms with Crippen molar-refractivity contribution >= 4 is 5.91 Å². The van der Waals surface area contributed by atoms with Crippen LogP contribution in [0.15, 0.2) is 12.4 Å². The molecule has 1 aromatic rings. The SMILES string of the molecule is COCCNCC(=O)N1CCOC(Cn2cc(C)cn2)C1. The van der Waals surface area contributed by atoms with Gasteiger partial charge in [-0.05, 0) is 12.5 Å². The number of nitrogens with zero attached hydrogens (tertiary/aromatic N) is 3. The number of amides is 1. The molecule has 2 heterocycles.